The van der Waals surface area contributed by atoms with Crippen LogP contribution in [-0.2, 0) is 0 Å². The van der Waals surface area contributed by atoms with Crippen molar-refractivity contribution >= 4 is 22.4 Å². The lowest BCUT2D eigenvalue weighted by Gasteiger charge is -2.29. The number of anilines is 1. The zero-order chi connectivity index (χ0) is 17.8. The molecule has 0 bridgehead atoms. The smallest absolute Gasteiger partial charge is 0.266 e. The van der Waals surface area contributed by atoms with Gasteiger partial charge >= 0.3 is 0 Å². The quantitative estimate of drug-likeness (QED) is 0.563. The number of nitrogens with one attached hydrogen (secondary N) is 1. The third-order valence-corrected chi connectivity index (χ3v) is 4.98. The van der Waals surface area contributed by atoms with Gasteiger partial charge in [-0.1, -0.05) is 0 Å². The van der Waals surface area contributed by atoms with E-state index in [1.54, 1.807) is 6.07 Å². The molecule has 2 aromatic carbocycles. The highest BCUT2D eigenvalue weighted by Gasteiger charge is 2.30. The van der Waals surface area contributed by atoms with Gasteiger partial charge in [-0.05, 0) is 36.4 Å². The fourth-order valence-electron chi connectivity index (χ4n) is 3.67. The number of halogens is 1. The maximum absolute atomic E-state index is 13.5. The molecule has 0 unspecified atom stereocenters. The van der Waals surface area contributed by atoms with Crippen LogP contribution in [0.25, 0.3) is 16.6 Å². The van der Waals surface area contributed by atoms with Crippen LogP contribution in [0.3, 0.4) is 0 Å². The summed E-state index contributed by atoms with van der Waals surface area (Å²) in [5.74, 6) is -0.897. The summed E-state index contributed by atoms with van der Waals surface area (Å²) in [7, 11) is 0. The van der Waals surface area contributed by atoms with Crippen LogP contribution < -0.4 is 15.8 Å². The molecule has 1 aromatic heterocycles. The van der Waals surface area contributed by atoms with Gasteiger partial charge in [0.15, 0.2) is 5.82 Å². The lowest BCUT2D eigenvalue weighted by molar-refractivity contribution is 0.103. The van der Waals surface area contributed by atoms with E-state index in [4.69, 9.17) is 0 Å². The van der Waals surface area contributed by atoms with Gasteiger partial charge in [0.1, 0.15) is 5.82 Å². The predicted octanol–water partition coefficient (Wildman–Crippen LogP) is 1.48. The third-order valence-electron chi connectivity index (χ3n) is 4.98. The summed E-state index contributed by atoms with van der Waals surface area (Å²) in [6, 6.07) is 9.37. The lowest BCUT2D eigenvalue weighted by atomic mass is 10.1. The highest BCUT2D eigenvalue weighted by Crippen LogP contribution is 2.28. The second-order valence-electron chi connectivity index (χ2n) is 6.51. The number of benzene rings is 2. The number of hydrogen-bond donors (Lipinski definition) is 1. The van der Waals surface area contributed by atoms with E-state index >= 15 is 0 Å². The summed E-state index contributed by atoms with van der Waals surface area (Å²) < 4.78 is 14.8. The first-order valence-electron chi connectivity index (χ1n) is 8.50. The molecule has 1 fully saturated rings. The Kier molecular flexibility index (Phi) is 3.20. The second-order valence-corrected chi connectivity index (χ2v) is 6.51. The van der Waals surface area contributed by atoms with Gasteiger partial charge < -0.3 is 10.2 Å². The minimum atomic E-state index is -0.511. The van der Waals surface area contributed by atoms with E-state index in [1.165, 1.54) is 16.7 Å². The molecule has 0 saturated carbocycles. The SMILES string of the molecule is O=C1c2cc(F)ccc2-n2c1nc1ccc(N3CCNCC3)cc1c2=O. The standard InChI is InChI=1S/C19H15FN4O2/c20-11-1-4-16-14(9-11)17(25)18-22-15-3-2-12(23-7-5-21-6-8-23)10-13(15)19(26)24(16)18/h1-4,9-10,21H,5-8H2. The highest BCUT2D eigenvalue weighted by molar-refractivity contribution is 6.13. The molecule has 0 radical (unpaired) electrons. The van der Waals surface area contributed by atoms with Gasteiger partial charge in [-0.2, -0.15) is 0 Å². The van der Waals surface area contributed by atoms with Crippen molar-refractivity contribution in [3.63, 3.8) is 0 Å². The summed E-state index contributed by atoms with van der Waals surface area (Å²) in [5.41, 5.74) is 1.69. The molecule has 6 nitrogen and oxygen atoms in total. The number of carbonyl (C=O) groups excluding carboxylic acids is 1. The van der Waals surface area contributed by atoms with E-state index in [0.717, 1.165) is 37.9 Å². The lowest BCUT2D eigenvalue weighted by Crippen LogP contribution is -2.43. The van der Waals surface area contributed by atoms with E-state index in [0.29, 0.717) is 16.6 Å². The van der Waals surface area contributed by atoms with Crippen LogP contribution in [0.15, 0.2) is 41.2 Å². The number of rotatable bonds is 1. The van der Waals surface area contributed by atoms with Crippen molar-refractivity contribution in [2.75, 3.05) is 31.1 Å². The summed E-state index contributed by atoms with van der Waals surface area (Å²) in [4.78, 5) is 32.2. The first kappa shape index (κ1) is 15.2. The molecule has 3 aromatic rings. The van der Waals surface area contributed by atoms with E-state index in [-0.39, 0.29) is 16.9 Å². The molecule has 1 N–H and O–H groups in total. The van der Waals surface area contributed by atoms with Crippen LogP contribution in [0.2, 0.25) is 0 Å². The molecule has 26 heavy (non-hydrogen) atoms. The summed E-state index contributed by atoms with van der Waals surface area (Å²) >= 11 is 0. The van der Waals surface area contributed by atoms with E-state index in [9.17, 15) is 14.0 Å². The molecule has 7 heteroatoms. The maximum Gasteiger partial charge on any atom is 0.266 e. The van der Waals surface area contributed by atoms with Crippen molar-refractivity contribution in [3.8, 4) is 5.69 Å². The zero-order valence-electron chi connectivity index (χ0n) is 13.8. The van der Waals surface area contributed by atoms with Gasteiger partial charge in [0.05, 0.1) is 22.2 Å². The van der Waals surface area contributed by atoms with Gasteiger partial charge in [-0.15, -0.1) is 0 Å². The minimum absolute atomic E-state index is 0.0398. The van der Waals surface area contributed by atoms with Gasteiger partial charge in [0, 0.05) is 31.9 Å². The molecule has 3 heterocycles. The average molecular weight is 350 g/mol. The number of ketones is 1. The average Bonchev–Trinajstić information content (AvgIpc) is 2.94. The van der Waals surface area contributed by atoms with E-state index in [1.807, 2.05) is 12.1 Å². The maximum atomic E-state index is 13.5. The van der Waals surface area contributed by atoms with Crippen LogP contribution >= 0.6 is 0 Å². The Bertz CT molecular complexity index is 1130. The number of fused-ring (bicyclic) bond motifs is 4. The number of carbonyl (C=O) groups is 1. The third kappa shape index (κ3) is 2.10. The van der Waals surface area contributed by atoms with Crippen molar-refractivity contribution in [2.45, 2.75) is 0 Å². The van der Waals surface area contributed by atoms with Gasteiger partial charge in [-0.25, -0.2) is 9.37 Å². The topological polar surface area (TPSA) is 67.2 Å². The molecule has 130 valence electrons. The van der Waals surface area contributed by atoms with E-state index < -0.39 is 11.6 Å². The zero-order valence-corrected chi connectivity index (χ0v) is 13.8. The van der Waals surface area contributed by atoms with Crippen LogP contribution in [0.5, 0.6) is 0 Å². The Morgan fingerprint density at radius 2 is 1.85 bits per heavy atom. The molecule has 0 spiro atoms. The van der Waals surface area contributed by atoms with Crippen LogP contribution in [0.4, 0.5) is 10.1 Å². The number of piperazine rings is 1. The number of nitrogens with zero attached hydrogens (tertiary/aromatic N) is 3. The molecule has 0 amide bonds. The predicted molar refractivity (Wildman–Crippen MR) is 95.8 cm³/mol. The fraction of sp³-hybridized carbons (Fsp3) is 0.211. The minimum Gasteiger partial charge on any atom is -0.369 e. The van der Waals surface area contributed by atoms with Gasteiger partial charge in [0.2, 0.25) is 5.78 Å². The molecule has 1 saturated heterocycles. The van der Waals surface area contributed by atoms with Crippen molar-refractivity contribution in [1.29, 1.82) is 0 Å². The Morgan fingerprint density at radius 3 is 2.65 bits per heavy atom. The second kappa shape index (κ2) is 5.47. The largest absolute Gasteiger partial charge is 0.369 e. The monoisotopic (exact) mass is 350 g/mol. The van der Waals surface area contributed by atoms with E-state index in [2.05, 4.69) is 15.2 Å². The Balaban J connectivity index is 1.73. The van der Waals surface area contributed by atoms with Crippen molar-refractivity contribution in [1.82, 2.24) is 14.9 Å². The highest BCUT2D eigenvalue weighted by atomic mass is 19.1. The molecule has 5 rings (SSSR count). The van der Waals surface area contributed by atoms with Crippen LogP contribution in [0, 0.1) is 5.82 Å². The Hall–Kier alpha value is -3.06. The molecule has 2 aliphatic rings. The van der Waals surface area contributed by atoms with Crippen molar-refractivity contribution in [2.24, 2.45) is 0 Å². The Labute approximate surface area is 147 Å². The molecular formula is C19H15FN4O2. The van der Waals surface area contributed by atoms with Gasteiger partial charge in [0.25, 0.3) is 5.56 Å². The summed E-state index contributed by atoms with van der Waals surface area (Å²) in [6.45, 7) is 3.53. The Morgan fingerprint density at radius 1 is 1.04 bits per heavy atom. The number of hydrogen-bond acceptors (Lipinski definition) is 5. The molecular weight excluding hydrogens is 335 g/mol. The van der Waals surface area contributed by atoms with Crippen molar-refractivity contribution in [3.05, 3.63) is 64.0 Å². The summed E-state index contributed by atoms with van der Waals surface area (Å²) in [6.07, 6.45) is 0. The molecule has 0 aliphatic carbocycles. The normalized spacial score (nSPS) is 16.0. The molecule has 2 aliphatic heterocycles. The van der Waals surface area contributed by atoms with Crippen LogP contribution in [-0.4, -0.2) is 41.5 Å². The first-order chi connectivity index (χ1) is 12.6. The first-order valence-corrected chi connectivity index (χ1v) is 8.50. The fourth-order valence-corrected chi connectivity index (χ4v) is 3.67. The molecule has 0 atom stereocenters. The van der Waals surface area contributed by atoms with Crippen molar-refractivity contribution < 1.29 is 9.18 Å². The number of aromatic nitrogens is 2. The van der Waals surface area contributed by atoms with Gasteiger partial charge in [-0.3, -0.25) is 14.2 Å². The summed E-state index contributed by atoms with van der Waals surface area (Å²) in [5, 5.41) is 3.75. The van der Waals surface area contributed by atoms with Crippen LogP contribution in [0.1, 0.15) is 16.2 Å².